The Hall–Kier alpha value is -2.47. The lowest BCUT2D eigenvalue weighted by atomic mass is 9.88. The van der Waals surface area contributed by atoms with Crippen molar-refractivity contribution in [1.82, 2.24) is 10.3 Å². The number of non-ortho nitro benzene ring substituents is 1. The van der Waals surface area contributed by atoms with E-state index in [0.717, 1.165) is 6.07 Å². The second-order valence-electron chi connectivity index (χ2n) is 4.79. The van der Waals surface area contributed by atoms with Gasteiger partial charge in [0.1, 0.15) is 24.0 Å². The van der Waals surface area contributed by atoms with Gasteiger partial charge >= 0.3 is 5.69 Å². The lowest BCUT2D eigenvalue weighted by Crippen LogP contribution is -2.43. The summed E-state index contributed by atoms with van der Waals surface area (Å²) in [5, 5.41) is 55.7. The number of nitro benzene ring substituents is 1. The van der Waals surface area contributed by atoms with Crippen molar-refractivity contribution in [2.45, 2.75) is 24.2 Å². The van der Waals surface area contributed by atoms with Crippen LogP contribution in [0.3, 0.4) is 0 Å². The standard InChI is InChI=1S/C12H13N3O8/c16-3-6(11(19)12(20)8(18)4-17)5-1-2-7(15(21)22)10-9(5)13-23-14-10/h1-3,6,8,11-12,17-20H,4H2/t6-,8+,11+,12+/m0/s1. The summed E-state index contributed by atoms with van der Waals surface area (Å²) in [6.45, 7) is -0.828. The van der Waals surface area contributed by atoms with E-state index in [9.17, 15) is 30.2 Å². The molecule has 4 atom stereocenters. The molecule has 0 amide bonds. The van der Waals surface area contributed by atoms with Crippen molar-refractivity contribution in [1.29, 1.82) is 0 Å². The highest BCUT2D eigenvalue weighted by Gasteiger charge is 2.34. The lowest BCUT2D eigenvalue weighted by Gasteiger charge is -2.25. The van der Waals surface area contributed by atoms with Crippen molar-refractivity contribution in [3.8, 4) is 0 Å². The number of aromatic nitrogens is 2. The van der Waals surface area contributed by atoms with Crippen molar-refractivity contribution < 1.29 is 34.8 Å². The van der Waals surface area contributed by atoms with E-state index in [-0.39, 0.29) is 22.9 Å². The van der Waals surface area contributed by atoms with Crippen molar-refractivity contribution >= 4 is 23.0 Å². The number of aldehydes is 1. The van der Waals surface area contributed by atoms with Gasteiger partial charge in [-0.2, -0.15) is 0 Å². The zero-order valence-electron chi connectivity index (χ0n) is 11.5. The molecular weight excluding hydrogens is 314 g/mol. The minimum atomic E-state index is -1.82. The first-order chi connectivity index (χ1) is 10.9. The molecule has 0 fully saturated rings. The summed E-state index contributed by atoms with van der Waals surface area (Å²) >= 11 is 0. The smallest absolute Gasteiger partial charge is 0.300 e. The second-order valence-corrected chi connectivity index (χ2v) is 4.79. The summed E-state index contributed by atoms with van der Waals surface area (Å²) < 4.78 is 4.45. The molecule has 11 nitrogen and oxygen atoms in total. The van der Waals surface area contributed by atoms with E-state index in [2.05, 4.69) is 14.9 Å². The fourth-order valence-corrected chi connectivity index (χ4v) is 2.17. The Balaban J connectivity index is 2.49. The molecule has 0 unspecified atom stereocenters. The summed E-state index contributed by atoms with van der Waals surface area (Å²) in [6.07, 6.45) is -4.99. The van der Waals surface area contributed by atoms with Gasteiger partial charge in [0.15, 0.2) is 0 Å². The van der Waals surface area contributed by atoms with Crippen LogP contribution in [-0.4, -0.2) is 66.9 Å². The van der Waals surface area contributed by atoms with Crippen LogP contribution in [-0.2, 0) is 4.79 Å². The molecule has 2 rings (SSSR count). The highest BCUT2D eigenvalue weighted by atomic mass is 16.6. The van der Waals surface area contributed by atoms with E-state index in [0.29, 0.717) is 0 Å². The molecule has 4 N–H and O–H groups in total. The van der Waals surface area contributed by atoms with Crippen LogP contribution in [0.2, 0.25) is 0 Å². The Labute approximate surface area is 127 Å². The number of aliphatic hydroxyl groups is 4. The largest absolute Gasteiger partial charge is 0.394 e. The predicted molar refractivity (Wildman–Crippen MR) is 72.4 cm³/mol. The predicted octanol–water partition coefficient (Wildman–Crippen LogP) is -1.51. The third-order valence-corrected chi connectivity index (χ3v) is 3.43. The van der Waals surface area contributed by atoms with E-state index < -0.39 is 41.4 Å². The molecule has 1 aromatic carbocycles. The summed E-state index contributed by atoms with van der Waals surface area (Å²) in [4.78, 5) is 21.5. The van der Waals surface area contributed by atoms with Gasteiger partial charge < -0.3 is 25.2 Å². The van der Waals surface area contributed by atoms with E-state index in [1.165, 1.54) is 6.07 Å². The molecule has 0 saturated heterocycles. The fourth-order valence-electron chi connectivity index (χ4n) is 2.17. The van der Waals surface area contributed by atoms with E-state index >= 15 is 0 Å². The van der Waals surface area contributed by atoms with Crippen molar-refractivity contribution in [3.05, 3.63) is 27.8 Å². The molecular formula is C12H13N3O8. The quantitative estimate of drug-likeness (QED) is 0.265. The van der Waals surface area contributed by atoms with Gasteiger partial charge in [0.2, 0.25) is 5.52 Å². The number of rotatable bonds is 7. The van der Waals surface area contributed by atoms with Gasteiger partial charge in [0.05, 0.1) is 23.6 Å². The molecule has 0 aliphatic heterocycles. The van der Waals surface area contributed by atoms with Gasteiger partial charge in [-0.15, -0.1) is 0 Å². The van der Waals surface area contributed by atoms with Crippen molar-refractivity contribution in [3.63, 3.8) is 0 Å². The minimum Gasteiger partial charge on any atom is -0.394 e. The van der Waals surface area contributed by atoms with Gasteiger partial charge in [-0.3, -0.25) is 10.1 Å². The number of hydrogen-bond acceptors (Lipinski definition) is 10. The molecule has 1 aromatic heterocycles. The van der Waals surface area contributed by atoms with Crippen molar-refractivity contribution in [2.75, 3.05) is 6.61 Å². The first-order valence-corrected chi connectivity index (χ1v) is 6.42. The van der Waals surface area contributed by atoms with Crippen LogP contribution in [0.4, 0.5) is 5.69 Å². The van der Waals surface area contributed by atoms with Gasteiger partial charge in [-0.05, 0) is 21.9 Å². The van der Waals surface area contributed by atoms with Gasteiger partial charge in [0.25, 0.3) is 0 Å². The van der Waals surface area contributed by atoms with Crippen LogP contribution in [0.1, 0.15) is 11.5 Å². The first-order valence-electron chi connectivity index (χ1n) is 6.42. The number of fused-ring (bicyclic) bond motifs is 1. The molecule has 0 bridgehead atoms. The maximum absolute atomic E-state index is 11.3. The van der Waals surface area contributed by atoms with Crippen molar-refractivity contribution in [2.24, 2.45) is 0 Å². The molecule has 11 heteroatoms. The number of aliphatic hydroxyl groups excluding tert-OH is 4. The van der Waals surface area contributed by atoms with Crippen LogP contribution >= 0.6 is 0 Å². The Morgan fingerprint density at radius 1 is 1.22 bits per heavy atom. The Morgan fingerprint density at radius 2 is 1.87 bits per heavy atom. The van der Waals surface area contributed by atoms with E-state index in [1.54, 1.807) is 0 Å². The molecule has 0 aliphatic carbocycles. The lowest BCUT2D eigenvalue weighted by molar-refractivity contribution is -0.383. The Morgan fingerprint density at radius 3 is 2.43 bits per heavy atom. The van der Waals surface area contributed by atoms with E-state index in [1.807, 2.05) is 0 Å². The third kappa shape index (κ3) is 3.03. The molecule has 1 heterocycles. The highest BCUT2D eigenvalue weighted by molar-refractivity contribution is 5.88. The SMILES string of the molecule is O=C[C@@H](c1ccc([N+](=O)[O-])c2nonc12)[C@@H](O)[C@H](O)[C@H](O)CO. The van der Waals surface area contributed by atoms with Crippen LogP contribution < -0.4 is 0 Å². The molecule has 2 aromatic rings. The van der Waals surface area contributed by atoms with Crippen LogP contribution in [0.5, 0.6) is 0 Å². The third-order valence-electron chi connectivity index (χ3n) is 3.43. The fraction of sp³-hybridized carbons (Fsp3) is 0.417. The summed E-state index contributed by atoms with van der Waals surface area (Å²) in [7, 11) is 0. The Bertz CT molecular complexity index is 717. The summed E-state index contributed by atoms with van der Waals surface area (Å²) in [5.41, 5.74) is -0.719. The highest BCUT2D eigenvalue weighted by Crippen LogP contribution is 2.31. The monoisotopic (exact) mass is 327 g/mol. The number of nitrogens with zero attached hydrogens (tertiary/aromatic N) is 3. The van der Waals surface area contributed by atoms with E-state index in [4.69, 9.17) is 5.11 Å². The maximum atomic E-state index is 11.3. The topological polar surface area (TPSA) is 180 Å². The maximum Gasteiger partial charge on any atom is 0.300 e. The number of carbonyl (C=O) groups is 1. The zero-order chi connectivity index (χ0) is 17.1. The number of hydrogen-bond donors (Lipinski definition) is 4. The normalized spacial score (nSPS) is 16.7. The zero-order valence-corrected chi connectivity index (χ0v) is 11.5. The summed E-state index contributed by atoms with van der Waals surface area (Å²) in [6, 6.07) is 2.23. The first kappa shape index (κ1) is 16.9. The molecule has 124 valence electrons. The van der Waals surface area contributed by atoms with Crippen LogP contribution in [0, 0.1) is 10.1 Å². The molecule has 0 spiro atoms. The average molecular weight is 327 g/mol. The van der Waals surface area contributed by atoms with Crippen LogP contribution in [0.15, 0.2) is 16.8 Å². The average Bonchev–Trinajstić information content (AvgIpc) is 3.03. The molecule has 0 radical (unpaired) electrons. The Kier molecular flexibility index (Phi) is 4.95. The minimum absolute atomic E-state index is 0.0264. The van der Waals surface area contributed by atoms with Gasteiger partial charge in [-0.25, -0.2) is 4.63 Å². The molecule has 23 heavy (non-hydrogen) atoms. The second kappa shape index (κ2) is 6.75. The molecule has 0 saturated carbocycles. The number of carbonyl (C=O) groups excluding carboxylic acids is 1. The van der Waals surface area contributed by atoms with Crippen LogP contribution in [0.25, 0.3) is 11.0 Å². The van der Waals surface area contributed by atoms with Gasteiger partial charge in [0, 0.05) is 6.07 Å². The number of benzene rings is 1. The number of nitro groups is 1. The summed E-state index contributed by atoms with van der Waals surface area (Å²) in [5.74, 6) is -1.37. The molecule has 0 aliphatic rings. The van der Waals surface area contributed by atoms with Gasteiger partial charge in [-0.1, -0.05) is 0 Å².